The monoisotopic (exact) mass is 321 g/mol. The van der Waals surface area contributed by atoms with Crippen LogP contribution in [0.4, 0.5) is 18.9 Å². The van der Waals surface area contributed by atoms with E-state index < -0.39 is 11.6 Å². The molecule has 2 heterocycles. The van der Waals surface area contributed by atoms with Crippen molar-refractivity contribution in [2.45, 2.75) is 25.4 Å². The van der Waals surface area contributed by atoms with Crippen LogP contribution in [0.2, 0.25) is 0 Å². The Hall–Kier alpha value is -2.08. The van der Waals surface area contributed by atoms with E-state index in [1.807, 2.05) is 11.8 Å². The van der Waals surface area contributed by atoms with Gasteiger partial charge in [0.25, 0.3) is 0 Å². The minimum Gasteiger partial charge on any atom is -0.368 e. The third-order valence-electron chi connectivity index (χ3n) is 4.15. The highest BCUT2D eigenvalue weighted by atomic mass is 19.1. The maximum absolute atomic E-state index is 13.8. The fraction of sp³-hybridized carbons (Fsp3) is 0.353. The molecule has 0 radical (unpaired) electrons. The van der Waals surface area contributed by atoms with E-state index in [-0.39, 0.29) is 17.9 Å². The van der Waals surface area contributed by atoms with Crippen LogP contribution in [-0.2, 0) is 0 Å². The summed E-state index contributed by atoms with van der Waals surface area (Å²) in [5, 5.41) is 3.41. The summed E-state index contributed by atoms with van der Waals surface area (Å²) in [7, 11) is 0. The van der Waals surface area contributed by atoms with E-state index >= 15 is 0 Å². The van der Waals surface area contributed by atoms with Gasteiger partial charge >= 0.3 is 0 Å². The van der Waals surface area contributed by atoms with Crippen molar-refractivity contribution < 1.29 is 13.2 Å². The van der Waals surface area contributed by atoms with Crippen LogP contribution < -0.4 is 10.2 Å². The number of nitrogens with zero attached hydrogens (tertiary/aromatic N) is 2. The third-order valence-corrected chi connectivity index (χ3v) is 4.15. The van der Waals surface area contributed by atoms with Gasteiger partial charge in [-0.2, -0.15) is 0 Å². The minimum atomic E-state index is -0.577. The summed E-state index contributed by atoms with van der Waals surface area (Å²) in [5.41, 5.74) is 1.19. The van der Waals surface area contributed by atoms with Crippen molar-refractivity contribution in [2.75, 3.05) is 18.0 Å². The summed E-state index contributed by atoms with van der Waals surface area (Å²) in [6, 6.07) is 5.18. The Morgan fingerprint density at radius 1 is 1.17 bits per heavy atom. The van der Waals surface area contributed by atoms with Gasteiger partial charge in [0, 0.05) is 37.4 Å². The van der Waals surface area contributed by atoms with Crippen molar-refractivity contribution in [3.8, 4) is 0 Å². The molecule has 1 aliphatic rings. The number of rotatable bonds is 4. The number of pyridine rings is 1. The van der Waals surface area contributed by atoms with Gasteiger partial charge in [0.05, 0.1) is 11.9 Å². The van der Waals surface area contributed by atoms with Gasteiger partial charge in [0.1, 0.15) is 17.5 Å². The van der Waals surface area contributed by atoms with Gasteiger partial charge in [0.2, 0.25) is 0 Å². The van der Waals surface area contributed by atoms with Crippen LogP contribution in [0.3, 0.4) is 0 Å². The van der Waals surface area contributed by atoms with Gasteiger partial charge in [-0.3, -0.25) is 4.98 Å². The lowest BCUT2D eigenvalue weighted by atomic mass is 10.1. The van der Waals surface area contributed by atoms with E-state index in [0.717, 1.165) is 18.1 Å². The molecule has 3 nitrogen and oxygen atoms in total. The van der Waals surface area contributed by atoms with Crippen LogP contribution in [0.15, 0.2) is 36.7 Å². The molecule has 1 saturated heterocycles. The van der Waals surface area contributed by atoms with Crippen molar-refractivity contribution in [3.63, 3.8) is 0 Å². The second-order valence-corrected chi connectivity index (χ2v) is 5.85. The number of aromatic nitrogens is 1. The number of halogens is 3. The normalized spacial score (nSPS) is 19.1. The third kappa shape index (κ3) is 3.64. The summed E-state index contributed by atoms with van der Waals surface area (Å²) in [5.74, 6) is -1.49. The molecule has 6 heteroatoms. The summed E-state index contributed by atoms with van der Waals surface area (Å²) in [4.78, 5) is 5.74. The lowest BCUT2D eigenvalue weighted by Crippen LogP contribution is -2.34. The molecule has 1 aliphatic heterocycles. The van der Waals surface area contributed by atoms with Gasteiger partial charge in [-0.15, -0.1) is 0 Å². The molecule has 3 rings (SSSR count). The predicted octanol–water partition coefficient (Wildman–Crippen LogP) is 3.43. The number of hydrogen-bond acceptors (Lipinski definition) is 3. The maximum Gasteiger partial charge on any atom is 0.149 e. The van der Waals surface area contributed by atoms with Crippen LogP contribution in [0.1, 0.15) is 24.9 Å². The highest BCUT2D eigenvalue weighted by molar-refractivity contribution is 5.49. The average Bonchev–Trinajstić information content (AvgIpc) is 2.95. The molecule has 0 saturated carbocycles. The fourth-order valence-corrected chi connectivity index (χ4v) is 2.97. The minimum absolute atomic E-state index is 0.0544. The smallest absolute Gasteiger partial charge is 0.149 e. The van der Waals surface area contributed by atoms with E-state index in [1.54, 1.807) is 6.20 Å². The Morgan fingerprint density at radius 2 is 2.00 bits per heavy atom. The lowest BCUT2D eigenvalue weighted by molar-refractivity contribution is 0.477. The number of hydrogen-bond donors (Lipinski definition) is 1. The Balaban J connectivity index is 1.63. The van der Waals surface area contributed by atoms with Crippen molar-refractivity contribution in [2.24, 2.45) is 0 Å². The van der Waals surface area contributed by atoms with Crippen molar-refractivity contribution in [1.29, 1.82) is 0 Å². The van der Waals surface area contributed by atoms with Gasteiger partial charge in [0.15, 0.2) is 0 Å². The second kappa shape index (κ2) is 6.58. The van der Waals surface area contributed by atoms with E-state index in [2.05, 4.69) is 10.3 Å². The standard InChI is InChI=1S/C17H18F3N3/c1-11(12-6-14(19)9-21-8-12)22-15-4-5-23(10-15)17-3-2-13(18)7-16(17)20/h2-3,6-9,11,15,22H,4-5,10H2,1H3/t11-,15+/m1/s1. The van der Waals surface area contributed by atoms with Crippen molar-refractivity contribution >= 4 is 5.69 Å². The summed E-state index contributed by atoms with van der Waals surface area (Å²) in [6.45, 7) is 3.25. The lowest BCUT2D eigenvalue weighted by Gasteiger charge is -2.22. The molecule has 1 aromatic heterocycles. The van der Waals surface area contributed by atoms with Crippen LogP contribution in [-0.4, -0.2) is 24.1 Å². The molecule has 1 N–H and O–H groups in total. The molecule has 23 heavy (non-hydrogen) atoms. The summed E-state index contributed by atoms with van der Waals surface area (Å²) < 4.78 is 40.1. The quantitative estimate of drug-likeness (QED) is 0.935. The van der Waals surface area contributed by atoms with Crippen LogP contribution >= 0.6 is 0 Å². The van der Waals surface area contributed by atoms with E-state index in [9.17, 15) is 13.2 Å². The molecule has 2 aromatic rings. The first-order chi connectivity index (χ1) is 11.0. The SMILES string of the molecule is C[C@@H](N[C@H]1CCN(c2ccc(F)cc2F)C1)c1cncc(F)c1. The zero-order valence-corrected chi connectivity index (χ0v) is 12.8. The van der Waals surface area contributed by atoms with Crippen molar-refractivity contribution in [1.82, 2.24) is 10.3 Å². The second-order valence-electron chi connectivity index (χ2n) is 5.85. The molecule has 0 amide bonds. The Bertz CT molecular complexity index is 693. The van der Waals surface area contributed by atoms with Crippen molar-refractivity contribution in [3.05, 3.63) is 59.7 Å². The topological polar surface area (TPSA) is 28.2 Å². The first-order valence-electron chi connectivity index (χ1n) is 7.59. The Kier molecular flexibility index (Phi) is 4.52. The molecule has 122 valence electrons. The van der Waals surface area contributed by atoms with E-state index in [1.165, 1.54) is 24.4 Å². The summed E-state index contributed by atoms with van der Waals surface area (Å²) in [6.07, 6.45) is 3.64. The van der Waals surface area contributed by atoms with Crippen LogP contribution in [0.25, 0.3) is 0 Å². The average molecular weight is 321 g/mol. The van der Waals surface area contributed by atoms with Gasteiger partial charge in [-0.05, 0) is 37.1 Å². The first kappa shape index (κ1) is 15.8. The number of benzene rings is 1. The molecule has 1 fully saturated rings. The fourth-order valence-electron chi connectivity index (χ4n) is 2.97. The summed E-state index contributed by atoms with van der Waals surface area (Å²) >= 11 is 0. The zero-order chi connectivity index (χ0) is 16.4. The molecule has 0 unspecified atom stereocenters. The Labute approximate surface area is 133 Å². The van der Waals surface area contributed by atoms with Crippen LogP contribution in [0.5, 0.6) is 0 Å². The number of nitrogens with one attached hydrogen (secondary N) is 1. The molecule has 1 aromatic carbocycles. The van der Waals surface area contributed by atoms with E-state index in [4.69, 9.17) is 0 Å². The van der Waals surface area contributed by atoms with Gasteiger partial charge < -0.3 is 10.2 Å². The Morgan fingerprint density at radius 3 is 2.74 bits per heavy atom. The zero-order valence-electron chi connectivity index (χ0n) is 12.8. The molecule has 0 spiro atoms. The predicted molar refractivity (Wildman–Crippen MR) is 82.7 cm³/mol. The molecule has 0 aliphatic carbocycles. The van der Waals surface area contributed by atoms with Gasteiger partial charge in [-0.1, -0.05) is 0 Å². The molecule has 0 bridgehead atoms. The van der Waals surface area contributed by atoms with E-state index in [0.29, 0.717) is 18.8 Å². The maximum atomic E-state index is 13.8. The molecular weight excluding hydrogens is 303 g/mol. The molecular formula is C17H18F3N3. The molecule has 2 atom stereocenters. The number of anilines is 1. The largest absolute Gasteiger partial charge is 0.368 e. The highest BCUT2D eigenvalue weighted by Crippen LogP contribution is 2.25. The van der Waals surface area contributed by atoms with Gasteiger partial charge in [-0.25, -0.2) is 13.2 Å². The first-order valence-corrected chi connectivity index (χ1v) is 7.59. The van der Waals surface area contributed by atoms with Crippen LogP contribution in [0, 0.1) is 17.5 Å². The highest BCUT2D eigenvalue weighted by Gasteiger charge is 2.26.